The van der Waals surface area contributed by atoms with Gasteiger partial charge in [-0.05, 0) is 25.9 Å². The van der Waals surface area contributed by atoms with Gasteiger partial charge in [0.15, 0.2) is 0 Å². The second kappa shape index (κ2) is 4.40. The molecule has 1 atom stereocenters. The molecule has 2 saturated heterocycles. The third-order valence-corrected chi connectivity index (χ3v) is 3.06. The van der Waals surface area contributed by atoms with E-state index in [0.717, 1.165) is 13.2 Å². The number of hydrogen-bond acceptors (Lipinski definition) is 3. The Balaban J connectivity index is 1.71. The molecule has 1 N–H and O–H groups in total. The predicted octanol–water partition coefficient (Wildman–Crippen LogP) is 0.459. The van der Waals surface area contributed by atoms with E-state index in [1.807, 2.05) is 0 Å². The van der Waals surface area contributed by atoms with Gasteiger partial charge >= 0.3 is 0 Å². The number of nitrogens with one attached hydrogen (secondary N) is 1. The van der Waals surface area contributed by atoms with Gasteiger partial charge in [-0.2, -0.15) is 0 Å². The summed E-state index contributed by atoms with van der Waals surface area (Å²) in [5.74, 6) is 0. The monoisotopic (exact) mass is 184 g/mol. The van der Waals surface area contributed by atoms with Gasteiger partial charge in [0.2, 0.25) is 0 Å². The average molecular weight is 184 g/mol. The number of likely N-dealkylation sites (tertiary alicyclic amines) is 1. The van der Waals surface area contributed by atoms with Crippen molar-refractivity contribution in [3.8, 4) is 0 Å². The highest BCUT2D eigenvalue weighted by atomic mass is 16.5. The lowest BCUT2D eigenvalue weighted by Crippen LogP contribution is -2.55. The van der Waals surface area contributed by atoms with Crippen LogP contribution in [0.15, 0.2) is 0 Å². The van der Waals surface area contributed by atoms with Gasteiger partial charge < -0.3 is 15.0 Å². The van der Waals surface area contributed by atoms with Crippen molar-refractivity contribution >= 4 is 0 Å². The Hall–Kier alpha value is -0.120. The molecule has 0 radical (unpaired) electrons. The van der Waals surface area contributed by atoms with Crippen LogP contribution >= 0.6 is 0 Å². The van der Waals surface area contributed by atoms with Gasteiger partial charge in [-0.3, -0.25) is 0 Å². The lowest BCUT2D eigenvalue weighted by Gasteiger charge is -2.37. The van der Waals surface area contributed by atoms with Gasteiger partial charge in [-0.15, -0.1) is 0 Å². The summed E-state index contributed by atoms with van der Waals surface area (Å²) in [7, 11) is 0. The lowest BCUT2D eigenvalue weighted by molar-refractivity contribution is -0.0142. The van der Waals surface area contributed by atoms with Crippen molar-refractivity contribution in [2.75, 3.05) is 32.8 Å². The smallest absolute Gasteiger partial charge is 0.0643 e. The first-order valence-electron chi connectivity index (χ1n) is 5.44. The first kappa shape index (κ1) is 9.44. The lowest BCUT2D eigenvalue weighted by atomic mass is 10.0. The maximum atomic E-state index is 5.15. The van der Waals surface area contributed by atoms with Gasteiger partial charge in [0.25, 0.3) is 0 Å². The predicted molar refractivity (Wildman–Crippen MR) is 52.9 cm³/mol. The molecule has 0 amide bonds. The molecule has 2 fully saturated rings. The third-order valence-electron chi connectivity index (χ3n) is 3.06. The molecule has 2 aliphatic heterocycles. The highest BCUT2D eigenvalue weighted by Crippen LogP contribution is 2.11. The van der Waals surface area contributed by atoms with Crippen LogP contribution in [0.2, 0.25) is 0 Å². The van der Waals surface area contributed by atoms with E-state index in [0.29, 0.717) is 12.1 Å². The van der Waals surface area contributed by atoms with E-state index in [1.54, 1.807) is 0 Å². The summed E-state index contributed by atoms with van der Waals surface area (Å²) in [6.07, 6.45) is 2.69. The normalized spacial score (nSPS) is 31.6. The summed E-state index contributed by atoms with van der Waals surface area (Å²) in [5, 5.41) is 3.65. The summed E-state index contributed by atoms with van der Waals surface area (Å²) >= 11 is 0. The quantitative estimate of drug-likeness (QED) is 0.689. The maximum absolute atomic E-state index is 5.15. The zero-order valence-corrected chi connectivity index (χ0v) is 8.46. The van der Waals surface area contributed by atoms with Gasteiger partial charge in [0.05, 0.1) is 19.3 Å². The highest BCUT2D eigenvalue weighted by molar-refractivity contribution is 4.83. The minimum Gasteiger partial charge on any atom is -0.378 e. The molecule has 3 heteroatoms. The number of hydrogen-bond donors (Lipinski definition) is 1. The Morgan fingerprint density at radius 1 is 1.38 bits per heavy atom. The molecule has 2 aliphatic rings. The SMILES string of the molecule is CCN1CCCC(NC2COC2)C1. The largest absolute Gasteiger partial charge is 0.378 e. The Morgan fingerprint density at radius 3 is 2.85 bits per heavy atom. The zero-order chi connectivity index (χ0) is 9.10. The molecule has 0 saturated carbocycles. The van der Waals surface area contributed by atoms with Crippen LogP contribution < -0.4 is 5.32 Å². The molecule has 1 unspecified atom stereocenters. The second-order valence-electron chi connectivity index (χ2n) is 4.13. The summed E-state index contributed by atoms with van der Waals surface area (Å²) < 4.78 is 5.15. The average Bonchev–Trinajstić information content (AvgIpc) is 2.12. The van der Waals surface area contributed by atoms with Crippen molar-refractivity contribution in [3.63, 3.8) is 0 Å². The van der Waals surface area contributed by atoms with E-state index in [-0.39, 0.29) is 0 Å². The zero-order valence-electron chi connectivity index (χ0n) is 8.46. The van der Waals surface area contributed by atoms with Crippen molar-refractivity contribution < 1.29 is 4.74 Å². The molecule has 0 aromatic heterocycles. The fraction of sp³-hybridized carbons (Fsp3) is 1.00. The van der Waals surface area contributed by atoms with Crippen LogP contribution in [0.5, 0.6) is 0 Å². The van der Waals surface area contributed by atoms with E-state index < -0.39 is 0 Å². The first-order valence-corrected chi connectivity index (χ1v) is 5.44. The first-order chi connectivity index (χ1) is 6.38. The Labute approximate surface area is 80.4 Å². The molecule has 13 heavy (non-hydrogen) atoms. The molecule has 76 valence electrons. The molecule has 0 spiro atoms. The standard InChI is InChI=1S/C10H20N2O/c1-2-12-5-3-4-9(6-12)11-10-7-13-8-10/h9-11H,2-8H2,1H3. The molecule has 0 aliphatic carbocycles. The van der Waals surface area contributed by atoms with Crippen LogP contribution in [0.1, 0.15) is 19.8 Å². The maximum Gasteiger partial charge on any atom is 0.0643 e. The summed E-state index contributed by atoms with van der Waals surface area (Å²) in [5.41, 5.74) is 0. The van der Waals surface area contributed by atoms with Crippen LogP contribution in [0, 0.1) is 0 Å². The molecule has 0 aromatic carbocycles. The van der Waals surface area contributed by atoms with Crippen LogP contribution in [-0.4, -0.2) is 49.8 Å². The fourth-order valence-corrected chi connectivity index (χ4v) is 2.14. The summed E-state index contributed by atoms with van der Waals surface area (Å²) in [4.78, 5) is 2.53. The van der Waals surface area contributed by atoms with Gasteiger partial charge in [0, 0.05) is 12.6 Å². The molecular weight excluding hydrogens is 164 g/mol. The number of ether oxygens (including phenoxy) is 1. The van der Waals surface area contributed by atoms with Crippen molar-refractivity contribution in [2.24, 2.45) is 0 Å². The molecule has 0 bridgehead atoms. The number of rotatable bonds is 3. The molecule has 2 heterocycles. The van der Waals surface area contributed by atoms with E-state index >= 15 is 0 Å². The Morgan fingerprint density at radius 2 is 2.23 bits per heavy atom. The van der Waals surface area contributed by atoms with Crippen molar-refractivity contribution in [1.82, 2.24) is 10.2 Å². The topological polar surface area (TPSA) is 24.5 Å². The summed E-state index contributed by atoms with van der Waals surface area (Å²) in [6.45, 7) is 7.79. The van der Waals surface area contributed by atoms with Gasteiger partial charge in [-0.1, -0.05) is 6.92 Å². The number of nitrogens with zero attached hydrogens (tertiary/aromatic N) is 1. The third kappa shape index (κ3) is 2.42. The van der Waals surface area contributed by atoms with Crippen molar-refractivity contribution in [1.29, 1.82) is 0 Å². The second-order valence-corrected chi connectivity index (χ2v) is 4.13. The summed E-state index contributed by atoms with van der Waals surface area (Å²) in [6, 6.07) is 1.35. The van der Waals surface area contributed by atoms with E-state index in [9.17, 15) is 0 Å². The van der Waals surface area contributed by atoms with Crippen LogP contribution in [0.25, 0.3) is 0 Å². The van der Waals surface area contributed by atoms with Crippen molar-refractivity contribution in [3.05, 3.63) is 0 Å². The van der Waals surface area contributed by atoms with Crippen LogP contribution in [0.3, 0.4) is 0 Å². The number of piperidine rings is 1. The van der Waals surface area contributed by atoms with E-state index in [4.69, 9.17) is 4.74 Å². The molecular formula is C10H20N2O. The van der Waals surface area contributed by atoms with Crippen molar-refractivity contribution in [2.45, 2.75) is 31.8 Å². The highest BCUT2D eigenvalue weighted by Gasteiger charge is 2.24. The molecule has 0 aromatic rings. The minimum atomic E-state index is 0.641. The van der Waals surface area contributed by atoms with E-state index in [2.05, 4.69) is 17.1 Å². The minimum absolute atomic E-state index is 0.641. The number of likely N-dealkylation sites (N-methyl/N-ethyl adjacent to an activating group) is 1. The fourth-order valence-electron chi connectivity index (χ4n) is 2.14. The Bertz CT molecular complexity index is 157. The van der Waals surface area contributed by atoms with Gasteiger partial charge in [-0.25, -0.2) is 0 Å². The van der Waals surface area contributed by atoms with Crippen LogP contribution in [0.4, 0.5) is 0 Å². The Kier molecular flexibility index (Phi) is 3.19. The van der Waals surface area contributed by atoms with Crippen LogP contribution in [-0.2, 0) is 4.74 Å². The van der Waals surface area contributed by atoms with E-state index in [1.165, 1.54) is 32.5 Å². The molecule has 2 rings (SSSR count). The molecule has 3 nitrogen and oxygen atoms in total. The van der Waals surface area contributed by atoms with Gasteiger partial charge in [0.1, 0.15) is 0 Å².